The molecule has 2 nitrogen and oxygen atoms in total. The van der Waals surface area contributed by atoms with Gasteiger partial charge in [0.25, 0.3) is 0 Å². The number of halogens is 1. The largest absolute Gasteiger partial charge is 0.370 e. The zero-order chi connectivity index (χ0) is 12.3. The van der Waals surface area contributed by atoms with Crippen molar-refractivity contribution in [3.05, 3.63) is 34.9 Å². The predicted octanol–water partition coefficient (Wildman–Crippen LogP) is 3.60. The third-order valence-electron chi connectivity index (χ3n) is 2.74. The van der Waals surface area contributed by atoms with Crippen molar-refractivity contribution in [1.29, 1.82) is 0 Å². The number of aromatic nitrogens is 1. The van der Waals surface area contributed by atoms with Crippen LogP contribution < -0.4 is 4.90 Å². The standard InChI is InChI=1S/C13H14FN2S/c1-3-16(4-2)13-6-5-10(7-11(13)14)12-8-17-9-15-12/h5-8H,3-4H2,1-2H3. The van der Waals surface area contributed by atoms with E-state index in [0.717, 1.165) is 24.3 Å². The van der Waals surface area contributed by atoms with Crippen LogP contribution in [0.25, 0.3) is 11.3 Å². The summed E-state index contributed by atoms with van der Waals surface area (Å²) in [5, 5.41) is 1.87. The Morgan fingerprint density at radius 3 is 2.65 bits per heavy atom. The maximum atomic E-state index is 14.0. The lowest BCUT2D eigenvalue weighted by Crippen LogP contribution is -2.22. The fourth-order valence-corrected chi connectivity index (χ4v) is 2.31. The van der Waals surface area contributed by atoms with Gasteiger partial charge in [0.1, 0.15) is 5.82 Å². The van der Waals surface area contributed by atoms with Gasteiger partial charge in [0.05, 0.1) is 11.4 Å². The van der Waals surface area contributed by atoms with Gasteiger partial charge in [-0.3, -0.25) is 0 Å². The van der Waals surface area contributed by atoms with E-state index in [9.17, 15) is 4.39 Å². The summed E-state index contributed by atoms with van der Waals surface area (Å²) < 4.78 is 14.0. The molecule has 0 atom stereocenters. The van der Waals surface area contributed by atoms with Crippen LogP contribution in [0.5, 0.6) is 0 Å². The summed E-state index contributed by atoms with van der Waals surface area (Å²) in [5.74, 6) is -0.195. The van der Waals surface area contributed by atoms with Crippen LogP contribution in [0.1, 0.15) is 13.8 Å². The molecule has 0 bridgehead atoms. The van der Waals surface area contributed by atoms with E-state index >= 15 is 0 Å². The van der Waals surface area contributed by atoms with Gasteiger partial charge >= 0.3 is 0 Å². The SMILES string of the molecule is CCN(CC)c1ccc(-c2cs[c]n2)cc1F. The Morgan fingerprint density at radius 2 is 2.12 bits per heavy atom. The van der Waals surface area contributed by atoms with E-state index in [1.54, 1.807) is 0 Å². The van der Waals surface area contributed by atoms with Gasteiger partial charge < -0.3 is 4.90 Å². The van der Waals surface area contributed by atoms with E-state index in [1.165, 1.54) is 17.4 Å². The Morgan fingerprint density at radius 1 is 1.35 bits per heavy atom. The number of rotatable bonds is 4. The zero-order valence-corrected chi connectivity index (χ0v) is 10.7. The van der Waals surface area contributed by atoms with Crippen molar-refractivity contribution in [3.8, 4) is 11.3 Å². The molecule has 89 valence electrons. The minimum atomic E-state index is -0.195. The lowest BCUT2D eigenvalue weighted by Gasteiger charge is -2.21. The molecule has 0 aliphatic rings. The number of thiazole rings is 1. The summed E-state index contributed by atoms with van der Waals surface area (Å²) in [6, 6.07) is 5.26. The monoisotopic (exact) mass is 249 g/mol. The van der Waals surface area contributed by atoms with Crippen LogP contribution in [-0.2, 0) is 0 Å². The number of benzene rings is 1. The molecule has 1 radical (unpaired) electrons. The third kappa shape index (κ3) is 2.47. The second-order valence-corrected chi connectivity index (χ2v) is 4.32. The first-order valence-electron chi connectivity index (χ1n) is 5.62. The highest BCUT2D eigenvalue weighted by Crippen LogP contribution is 2.26. The summed E-state index contributed by atoms with van der Waals surface area (Å²) in [7, 11) is 0. The molecular formula is C13H14FN2S. The summed E-state index contributed by atoms with van der Waals surface area (Å²) in [5.41, 5.74) is 5.00. The van der Waals surface area contributed by atoms with Crippen LogP contribution >= 0.6 is 11.3 Å². The molecule has 0 amide bonds. The molecular weight excluding hydrogens is 235 g/mol. The maximum absolute atomic E-state index is 14.0. The topological polar surface area (TPSA) is 16.1 Å². The van der Waals surface area contributed by atoms with Crippen LogP contribution in [-0.4, -0.2) is 18.1 Å². The van der Waals surface area contributed by atoms with Crippen LogP contribution in [0.3, 0.4) is 0 Å². The third-order valence-corrected chi connectivity index (χ3v) is 3.27. The number of hydrogen-bond donors (Lipinski definition) is 0. The molecule has 0 saturated heterocycles. The Labute approximate surface area is 105 Å². The molecule has 0 aliphatic heterocycles. The first-order valence-corrected chi connectivity index (χ1v) is 6.50. The van der Waals surface area contributed by atoms with Crippen molar-refractivity contribution < 1.29 is 4.39 Å². The average Bonchev–Trinajstić information content (AvgIpc) is 2.86. The molecule has 1 aromatic carbocycles. The van der Waals surface area contributed by atoms with E-state index in [0.29, 0.717) is 5.69 Å². The van der Waals surface area contributed by atoms with Gasteiger partial charge in [0.2, 0.25) is 0 Å². The Kier molecular flexibility index (Phi) is 3.74. The molecule has 2 rings (SSSR count). The molecule has 1 aromatic heterocycles. The van der Waals surface area contributed by atoms with E-state index < -0.39 is 0 Å². The number of nitrogens with zero attached hydrogens (tertiary/aromatic N) is 2. The lowest BCUT2D eigenvalue weighted by atomic mass is 10.1. The average molecular weight is 249 g/mol. The Balaban J connectivity index is 2.35. The normalized spacial score (nSPS) is 10.5. The van der Waals surface area contributed by atoms with Crippen LogP contribution in [0.2, 0.25) is 0 Å². The van der Waals surface area contributed by atoms with Crippen molar-refractivity contribution in [1.82, 2.24) is 4.98 Å². The summed E-state index contributed by atoms with van der Waals surface area (Å²) in [4.78, 5) is 6.05. The van der Waals surface area contributed by atoms with Gasteiger partial charge in [0.15, 0.2) is 5.51 Å². The van der Waals surface area contributed by atoms with E-state index in [2.05, 4.69) is 10.5 Å². The fraction of sp³-hybridized carbons (Fsp3) is 0.308. The summed E-state index contributed by atoms with van der Waals surface area (Å²) in [6.45, 7) is 5.65. The summed E-state index contributed by atoms with van der Waals surface area (Å²) in [6.07, 6.45) is 0. The van der Waals surface area contributed by atoms with Gasteiger partial charge in [-0.1, -0.05) is 6.07 Å². The van der Waals surface area contributed by atoms with Crippen molar-refractivity contribution >= 4 is 17.0 Å². The van der Waals surface area contributed by atoms with Crippen molar-refractivity contribution in [2.24, 2.45) is 0 Å². The number of anilines is 1. The van der Waals surface area contributed by atoms with Crippen LogP contribution in [0, 0.1) is 11.3 Å². The molecule has 0 saturated carbocycles. The maximum Gasteiger partial charge on any atom is 0.152 e. The Hall–Kier alpha value is -1.42. The molecule has 0 spiro atoms. The smallest absolute Gasteiger partial charge is 0.152 e. The number of hydrogen-bond acceptors (Lipinski definition) is 3. The quantitative estimate of drug-likeness (QED) is 0.823. The summed E-state index contributed by atoms with van der Waals surface area (Å²) >= 11 is 1.39. The van der Waals surface area contributed by atoms with Crippen molar-refractivity contribution in [2.75, 3.05) is 18.0 Å². The van der Waals surface area contributed by atoms with Crippen molar-refractivity contribution in [2.45, 2.75) is 13.8 Å². The minimum Gasteiger partial charge on any atom is -0.370 e. The van der Waals surface area contributed by atoms with Crippen LogP contribution in [0.15, 0.2) is 23.6 Å². The second kappa shape index (κ2) is 5.27. The highest BCUT2D eigenvalue weighted by atomic mass is 32.1. The van der Waals surface area contributed by atoms with Gasteiger partial charge in [-0.2, -0.15) is 0 Å². The van der Waals surface area contributed by atoms with Gasteiger partial charge in [-0.05, 0) is 26.0 Å². The molecule has 0 unspecified atom stereocenters. The molecule has 0 N–H and O–H groups in total. The molecule has 2 aromatic rings. The van der Waals surface area contributed by atoms with Gasteiger partial charge in [-0.25, -0.2) is 9.37 Å². The predicted molar refractivity (Wildman–Crippen MR) is 69.9 cm³/mol. The van der Waals surface area contributed by atoms with Gasteiger partial charge in [-0.15, -0.1) is 11.3 Å². The van der Waals surface area contributed by atoms with E-state index in [-0.39, 0.29) is 5.82 Å². The second-order valence-electron chi connectivity index (χ2n) is 3.66. The molecule has 1 heterocycles. The fourth-order valence-electron chi connectivity index (χ4n) is 1.80. The van der Waals surface area contributed by atoms with E-state index in [4.69, 9.17) is 0 Å². The first-order chi connectivity index (χ1) is 8.26. The molecule has 0 fully saturated rings. The van der Waals surface area contributed by atoms with E-state index in [1.807, 2.05) is 36.3 Å². The Bertz CT molecular complexity index is 478. The first kappa shape index (κ1) is 12.0. The van der Waals surface area contributed by atoms with Gasteiger partial charge in [0, 0.05) is 24.0 Å². The molecule has 0 aliphatic carbocycles. The van der Waals surface area contributed by atoms with Crippen LogP contribution in [0.4, 0.5) is 10.1 Å². The minimum absolute atomic E-state index is 0.195. The lowest BCUT2D eigenvalue weighted by molar-refractivity contribution is 0.620. The highest BCUT2D eigenvalue weighted by molar-refractivity contribution is 7.07. The molecule has 17 heavy (non-hydrogen) atoms. The van der Waals surface area contributed by atoms with Crippen molar-refractivity contribution in [3.63, 3.8) is 0 Å². The zero-order valence-electron chi connectivity index (χ0n) is 9.90. The highest BCUT2D eigenvalue weighted by Gasteiger charge is 2.10. The molecule has 4 heteroatoms.